The minimum Gasteiger partial charge on any atom is -0.493 e. The van der Waals surface area contributed by atoms with Crippen molar-refractivity contribution in [1.29, 1.82) is 0 Å². The third-order valence-corrected chi connectivity index (χ3v) is 3.57. The summed E-state index contributed by atoms with van der Waals surface area (Å²) in [6.45, 7) is 0. The molecule has 0 spiro atoms. The Bertz CT molecular complexity index is 729. The first kappa shape index (κ1) is 17.5. The average Bonchev–Trinajstić information content (AvgIpc) is 2.65. The number of ether oxygens (including phenoxy) is 4. The third kappa shape index (κ3) is 3.72. The topological polar surface area (TPSA) is 75.0 Å². The zero-order valence-electron chi connectivity index (χ0n) is 14.3. The first-order valence-corrected chi connectivity index (χ1v) is 7.29. The molecule has 0 aliphatic heterocycles. The van der Waals surface area contributed by atoms with Crippen molar-refractivity contribution >= 4 is 11.8 Å². The van der Waals surface area contributed by atoms with Gasteiger partial charge in [0.1, 0.15) is 0 Å². The van der Waals surface area contributed by atoms with Gasteiger partial charge in [0.05, 0.1) is 34.1 Å². The van der Waals surface area contributed by atoms with Gasteiger partial charge in [-0.25, -0.2) is 0 Å². The van der Waals surface area contributed by atoms with E-state index in [-0.39, 0.29) is 0 Å². The Morgan fingerprint density at radius 2 is 1.33 bits per heavy atom. The summed E-state index contributed by atoms with van der Waals surface area (Å²) in [6.07, 6.45) is 1.91. The van der Waals surface area contributed by atoms with Crippen LogP contribution in [0.1, 0.15) is 11.1 Å². The molecule has 2 aromatic carbocycles. The lowest BCUT2D eigenvalue weighted by atomic mass is 10.1. The molecule has 0 bridgehead atoms. The van der Waals surface area contributed by atoms with Crippen LogP contribution in [0.3, 0.4) is 0 Å². The third-order valence-electron chi connectivity index (χ3n) is 3.57. The van der Waals surface area contributed by atoms with Crippen LogP contribution in [-0.2, 0) is 0 Å². The first-order chi connectivity index (χ1) is 11.7. The van der Waals surface area contributed by atoms with Crippen molar-refractivity contribution < 1.29 is 18.9 Å². The maximum Gasteiger partial charge on any atom is 0.161 e. The molecule has 0 saturated carbocycles. The van der Waals surface area contributed by atoms with E-state index in [2.05, 4.69) is 5.43 Å². The molecule has 0 aliphatic rings. The number of methoxy groups -OCH3 is 4. The Kier molecular flexibility index (Phi) is 5.92. The molecule has 0 fully saturated rings. The molecule has 6 nitrogen and oxygen atoms in total. The van der Waals surface area contributed by atoms with Crippen LogP contribution in [0.25, 0.3) is 11.8 Å². The summed E-state index contributed by atoms with van der Waals surface area (Å²) in [4.78, 5) is 0. The Morgan fingerprint density at radius 3 is 1.88 bits per heavy atom. The monoisotopic (exact) mass is 330 g/mol. The zero-order valence-corrected chi connectivity index (χ0v) is 14.3. The number of rotatable bonds is 7. The molecular weight excluding hydrogens is 308 g/mol. The minimum atomic E-state index is 0.628. The van der Waals surface area contributed by atoms with Gasteiger partial charge in [0.15, 0.2) is 23.0 Å². The number of hydrazine groups is 1. The summed E-state index contributed by atoms with van der Waals surface area (Å²) in [6, 6.07) is 11.2. The molecule has 0 atom stereocenters. The fourth-order valence-corrected chi connectivity index (χ4v) is 2.32. The normalized spacial score (nSPS) is 11.0. The highest BCUT2D eigenvalue weighted by Gasteiger charge is 2.09. The van der Waals surface area contributed by atoms with Crippen molar-refractivity contribution in [3.05, 3.63) is 47.5 Å². The highest BCUT2D eigenvalue weighted by Crippen LogP contribution is 2.32. The SMILES string of the molecule is COc1ccc(/C=C(\NN)c2ccc(OC)c(OC)c2)cc1OC. The van der Waals surface area contributed by atoms with Gasteiger partial charge >= 0.3 is 0 Å². The van der Waals surface area contributed by atoms with Crippen LogP contribution in [0.5, 0.6) is 23.0 Å². The van der Waals surface area contributed by atoms with Gasteiger partial charge in [0.25, 0.3) is 0 Å². The second-order valence-corrected chi connectivity index (χ2v) is 4.89. The highest BCUT2D eigenvalue weighted by atomic mass is 16.5. The molecule has 0 aliphatic carbocycles. The van der Waals surface area contributed by atoms with E-state index >= 15 is 0 Å². The average molecular weight is 330 g/mol. The van der Waals surface area contributed by atoms with Gasteiger partial charge in [-0.05, 0) is 42.0 Å². The van der Waals surface area contributed by atoms with E-state index in [1.807, 2.05) is 42.5 Å². The fourth-order valence-electron chi connectivity index (χ4n) is 2.32. The molecule has 0 radical (unpaired) electrons. The quantitative estimate of drug-likeness (QED) is 0.462. The van der Waals surface area contributed by atoms with E-state index in [4.69, 9.17) is 24.8 Å². The lowest BCUT2D eigenvalue weighted by Gasteiger charge is -2.13. The van der Waals surface area contributed by atoms with Crippen molar-refractivity contribution in [3.63, 3.8) is 0 Å². The molecular formula is C18H22N2O4. The molecule has 0 saturated heterocycles. The molecule has 0 amide bonds. The van der Waals surface area contributed by atoms with Crippen LogP contribution >= 0.6 is 0 Å². The predicted molar refractivity (Wildman–Crippen MR) is 94.3 cm³/mol. The van der Waals surface area contributed by atoms with E-state index in [1.54, 1.807) is 28.4 Å². The highest BCUT2D eigenvalue weighted by molar-refractivity contribution is 5.81. The van der Waals surface area contributed by atoms with Crippen LogP contribution in [0, 0.1) is 0 Å². The Morgan fingerprint density at radius 1 is 0.792 bits per heavy atom. The molecule has 0 unspecified atom stereocenters. The molecule has 0 heterocycles. The maximum atomic E-state index is 5.70. The molecule has 24 heavy (non-hydrogen) atoms. The molecule has 2 aromatic rings. The van der Waals surface area contributed by atoms with Crippen LogP contribution in [0.15, 0.2) is 36.4 Å². The molecule has 6 heteroatoms. The van der Waals surface area contributed by atoms with Gasteiger partial charge < -0.3 is 24.4 Å². The largest absolute Gasteiger partial charge is 0.493 e. The van der Waals surface area contributed by atoms with E-state index in [1.165, 1.54) is 0 Å². The Labute approximate surface area is 141 Å². The van der Waals surface area contributed by atoms with E-state index in [9.17, 15) is 0 Å². The summed E-state index contributed by atoms with van der Waals surface area (Å²) in [7, 11) is 6.39. The van der Waals surface area contributed by atoms with Gasteiger partial charge in [-0.3, -0.25) is 5.84 Å². The molecule has 128 valence electrons. The standard InChI is InChI=1S/C18H22N2O4/c1-21-15-7-5-12(10-17(15)23-3)9-14(20-19)13-6-8-16(22-2)18(11-13)24-4/h5-11,20H,19H2,1-4H3/b14-9-. The van der Waals surface area contributed by atoms with E-state index in [0.29, 0.717) is 23.0 Å². The number of hydrogen-bond acceptors (Lipinski definition) is 6. The van der Waals surface area contributed by atoms with Gasteiger partial charge in [0.2, 0.25) is 0 Å². The van der Waals surface area contributed by atoms with Crippen molar-refractivity contribution in [1.82, 2.24) is 5.43 Å². The van der Waals surface area contributed by atoms with Crippen LogP contribution in [-0.4, -0.2) is 28.4 Å². The lowest BCUT2D eigenvalue weighted by Crippen LogP contribution is -2.19. The summed E-state index contributed by atoms with van der Waals surface area (Å²) in [5.74, 6) is 8.30. The van der Waals surface area contributed by atoms with Gasteiger partial charge in [-0.1, -0.05) is 6.07 Å². The lowest BCUT2D eigenvalue weighted by molar-refractivity contribution is 0.355. The molecule has 3 N–H and O–H groups in total. The Balaban J connectivity index is 2.42. The number of benzene rings is 2. The summed E-state index contributed by atoms with van der Waals surface area (Å²) in [5, 5.41) is 0. The van der Waals surface area contributed by atoms with Crippen molar-refractivity contribution in [2.75, 3.05) is 28.4 Å². The second-order valence-electron chi connectivity index (χ2n) is 4.89. The number of nitrogens with one attached hydrogen (secondary N) is 1. The van der Waals surface area contributed by atoms with Gasteiger partial charge in [-0.15, -0.1) is 0 Å². The summed E-state index contributed by atoms with van der Waals surface area (Å²) < 4.78 is 21.2. The minimum absolute atomic E-state index is 0.628. The molecule has 0 aromatic heterocycles. The van der Waals surface area contributed by atoms with Crippen molar-refractivity contribution in [2.45, 2.75) is 0 Å². The summed E-state index contributed by atoms with van der Waals surface area (Å²) in [5.41, 5.74) is 5.22. The second kappa shape index (κ2) is 8.12. The van der Waals surface area contributed by atoms with Gasteiger partial charge in [-0.2, -0.15) is 0 Å². The predicted octanol–water partition coefficient (Wildman–Crippen LogP) is 2.68. The smallest absolute Gasteiger partial charge is 0.161 e. The number of hydrogen-bond donors (Lipinski definition) is 2. The van der Waals surface area contributed by atoms with Crippen LogP contribution in [0.2, 0.25) is 0 Å². The van der Waals surface area contributed by atoms with Gasteiger partial charge in [0, 0.05) is 5.56 Å². The van der Waals surface area contributed by atoms with E-state index < -0.39 is 0 Å². The fraction of sp³-hybridized carbons (Fsp3) is 0.222. The zero-order chi connectivity index (χ0) is 17.5. The summed E-state index contributed by atoms with van der Waals surface area (Å²) >= 11 is 0. The number of nitrogens with two attached hydrogens (primary N) is 1. The van der Waals surface area contributed by atoms with E-state index in [0.717, 1.165) is 16.8 Å². The Hall–Kier alpha value is -2.86. The van der Waals surface area contributed by atoms with Crippen LogP contribution < -0.4 is 30.2 Å². The van der Waals surface area contributed by atoms with Crippen LogP contribution in [0.4, 0.5) is 0 Å². The first-order valence-electron chi connectivity index (χ1n) is 7.29. The van der Waals surface area contributed by atoms with Crippen molar-refractivity contribution in [2.24, 2.45) is 5.84 Å². The molecule has 2 rings (SSSR count). The van der Waals surface area contributed by atoms with Crippen molar-refractivity contribution in [3.8, 4) is 23.0 Å². The maximum absolute atomic E-state index is 5.70.